The number of carbonyl (C=O) groups is 2. The molecular formula is C13H14N4O4S3. The number of Topliss-reactive ketones (excluding diaryl/α,β-unsaturated/α-hetero) is 1. The third-order valence-electron chi connectivity index (χ3n) is 3.12. The van der Waals surface area contributed by atoms with Gasteiger partial charge in [-0.1, -0.05) is 42.5 Å². The lowest BCUT2D eigenvalue weighted by molar-refractivity contribution is -0.119. The number of benzene rings is 1. The number of thiol groups is 1. The summed E-state index contributed by atoms with van der Waals surface area (Å²) < 4.78 is 24.8. The fourth-order valence-electron chi connectivity index (χ4n) is 2.06. The van der Waals surface area contributed by atoms with Crippen LogP contribution in [0.3, 0.4) is 0 Å². The Hall–Kier alpha value is -1.98. The number of nitrogens with one attached hydrogen (secondary N) is 3. The maximum atomic E-state index is 12.4. The van der Waals surface area contributed by atoms with Gasteiger partial charge in [0.25, 0.3) is 5.91 Å². The molecule has 3 N–H and O–H groups in total. The van der Waals surface area contributed by atoms with Gasteiger partial charge in [0.1, 0.15) is 21.0 Å². The van der Waals surface area contributed by atoms with Gasteiger partial charge >= 0.3 is 0 Å². The summed E-state index contributed by atoms with van der Waals surface area (Å²) >= 11 is 8.32. The van der Waals surface area contributed by atoms with Crippen molar-refractivity contribution in [1.82, 2.24) is 16.3 Å². The van der Waals surface area contributed by atoms with E-state index in [9.17, 15) is 18.0 Å². The van der Waals surface area contributed by atoms with Crippen molar-refractivity contribution >= 4 is 56.4 Å². The second-order valence-electron chi connectivity index (χ2n) is 4.83. The van der Waals surface area contributed by atoms with Crippen molar-refractivity contribution in [1.29, 1.82) is 0 Å². The monoisotopic (exact) mass is 386 g/mol. The highest BCUT2D eigenvalue weighted by atomic mass is 32.2. The number of sulfone groups is 1. The maximum Gasteiger partial charge on any atom is 0.253 e. The van der Waals surface area contributed by atoms with E-state index in [0.29, 0.717) is 5.56 Å². The van der Waals surface area contributed by atoms with Crippen molar-refractivity contribution in [3.63, 3.8) is 0 Å². The molecule has 0 radical (unpaired) electrons. The van der Waals surface area contributed by atoms with Crippen LogP contribution in [0.2, 0.25) is 0 Å². The standard InChI is InChI=1S/C13H14N4O4S3/c18-10(15-17-13(22)23)7-24(20,21)9-6-14-16-11(9)12(19)8-4-2-1-3-5-8/h1-5,9,14H,6-7H2,(H,15,18)(H2,17,22,23). The van der Waals surface area contributed by atoms with Gasteiger partial charge in [-0.05, 0) is 0 Å². The fourth-order valence-corrected chi connectivity index (χ4v) is 3.63. The molecule has 1 aromatic carbocycles. The van der Waals surface area contributed by atoms with Gasteiger partial charge in [-0.15, -0.1) is 12.6 Å². The van der Waals surface area contributed by atoms with Crippen molar-refractivity contribution in [2.24, 2.45) is 5.10 Å². The number of thiocarbonyl (C=S) groups is 1. The fraction of sp³-hybridized carbons (Fsp3) is 0.231. The van der Waals surface area contributed by atoms with Crippen LogP contribution >= 0.6 is 24.8 Å². The van der Waals surface area contributed by atoms with Crippen LogP contribution in [-0.4, -0.2) is 47.7 Å². The van der Waals surface area contributed by atoms with Gasteiger partial charge in [-0.25, -0.2) is 8.42 Å². The minimum Gasteiger partial charge on any atom is -0.308 e. The molecule has 0 spiro atoms. The molecule has 1 amide bonds. The van der Waals surface area contributed by atoms with E-state index in [-0.39, 0.29) is 16.6 Å². The molecule has 0 aromatic heterocycles. The second-order valence-corrected chi connectivity index (χ2v) is 8.17. The summed E-state index contributed by atoms with van der Waals surface area (Å²) in [5.41, 5.74) is 7.05. The van der Waals surface area contributed by atoms with Gasteiger partial charge in [0.15, 0.2) is 9.84 Å². The molecule has 11 heteroatoms. The first-order valence-corrected chi connectivity index (χ1v) is 9.28. The number of ketones is 1. The van der Waals surface area contributed by atoms with E-state index in [4.69, 9.17) is 0 Å². The molecule has 2 rings (SSSR count). The van der Waals surface area contributed by atoms with E-state index in [2.05, 4.69) is 46.2 Å². The molecule has 8 nitrogen and oxygen atoms in total. The summed E-state index contributed by atoms with van der Waals surface area (Å²) in [5, 5.41) is 2.60. The summed E-state index contributed by atoms with van der Waals surface area (Å²) in [6, 6.07) is 8.20. The smallest absolute Gasteiger partial charge is 0.253 e. The first-order valence-electron chi connectivity index (χ1n) is 6.71. The van der Waals surface area contributed by atoms with Gasteiger partial charge in [0.2, 0.25) is 5.78 Å². The summed E-state index contributed by atoms with van der Waals surface area (Å²) in [6.45, 7) is -0.0675. The van der Waals surface area contributed by atoms with Gasteiger partial charge in [-0.3, -0.25) is 20.4 Å². The van der Waals surface area contributed by atoms with Crippen molar-refractivity contribution in [2.75, 3.05) is 12.3 Å². The maximum absolute atomic E-state index is 12.4. The predicted molar refractivity (Wildman–Crippen MR) is 96.6 cm³/mol. The van der Waals surface area contributed by atoms with Crippen molar-refractivity contribution < 1.29 is 18.0 Å². The molecule has 1 unspecified atom stereocenters. The number of rotatable bonds is 5. The van der Waals surface area contributed by atoms with Crippen molar-refractivity contribution in [3.8, 4) is 0 Å². The van der Waals surface area contributed by atoms with E-state index >= 15 is 0 Å². The van der Waals surface area contributed by atoms with Gasteiger partial charge in [-0.2, -0.15) is 5.10 Å². The summed E-state index contributed by atoms with van der Waals surface area (Å²) in [4.78, 5) is 24.1. The van der Waals surface area contributed by atoms with Crippen molar-refractivity contribution in [3.05, 3.63) is 35.9 Å². The molecule has 0 saturated heterocycles. The Labute approximate surface area is 149 Å². The Bertz CT molecular complexity index is 793. The SMILES string of the molecule is O=C(CS(=O)(=O)C1CNN=C1C(=O)c1ccccc1)NNC(=S)S. The van der Waals surface area contributed by atoms with E-state index < -0.39 is 32.5 Å². The number of amides is 1. The Kier molecular flexibility index (Phi) is 5.91. The van der Waals surface area contributed by atoms with Gasteiger partial charge < -0.3 is 5.43 Å². The topological polar surface area (TPSA) is 117 Å². The average Bonchev–Trinajstić information content (AvgIpc) is 3.03. The van der Waals surface area contributed by atoms with Crippen LogP contribution in [0.1, 0.15) is 10.4 Å². The molecule has 128 valence electrons. The Morgan fingerprint density at radius 2 is 1.96 bits per heavy atom. The van der Waals surface area contributed by atoms with Crippen LogP contribution < -0.4 is 16.3 Å². The zero-order valence-corrected chi connectivity index (χ0v) is 14.7. The highest BCUT2D eigenvalue weighted by Gasteiger charge is 2.39. The van der Waals surface area contributed by atoms with Crippen LogP contribution in [0.5, 0.6) is 0 Å². The largest absolute Gasteiger partial charge is 0.308 e. The highest BCUT2D eigenvalue weighted by molar-refractivity contribution is 8.11. The van der Waals surface area contributed by atoms with Crippen LogP contribution in [0.25, 0.3) is 0 Å². The van der Waals surface area contributed by atoms with E-state index in [1.165, 1.54) is 0 Å². The summed E-state index contributed by atoms with van der Waals surface area (Å²) in [5.74, 6) is -2.13. The number of carbonyl (C=O) groups excluding carboxylic acids is 2. The lowest BCUT2D eigenvalue weighted by atomic mass is 10.1. The number of hydrogen-bond donors (Lipinski definition) is 4. The number of hydrazone groups is 1. The minimum atomic E-state index is -3.94. The second kappa shape index (κ2) is 7.73. The molecule has 1 atom stereocenters. The summed E-state index contributed by atoms with van der Waals surface area (Å²) in [6.07, 6.45) is 0. The molecule has 0 bridgehead atoms. The third-order valence-corrected chi connectivity index (χ3v) is 5.26. The normalized spacial score (nSPS) is 16.7. The lowest BCUT2D eigenvalue weighted by Gasteiger charge is -2.13. The van der Waals surface area contributed by atoms with Crippen LogP contribution in [0, 0.1) is 0 Å². The van der Waals surface area contributed by atoms with Gasteiger partial charge in [0.05, 0.1) is 6.54 Å². The molecular weight excluding hydrogens is 372 g/mol. The number of hydrogen-bond acceptors (Lipinski definition) is 7. The van der Waals surface area contributed by atoms with Crippen LogP contribution in [-0.2, 0) is 14.6 Å². The summed E-state index contributed by atoms with van der Waals surface area (Å²) in [7, 11) is -3.94. The molecule has 1 aliphatic rings. The molecule has 1 heterocycles. The zero-order valence-electron chi connectivity index (χ0n) is 12.2. The lowest BCUT2D eigenvalue weighted by Crippen LogP contribution is -2.45. The molecule has 1 aromatic rings. The number of hydrazine groups is 1. The van der Waals surface area contributed by atoms with E-state index in [1.54, 1.807) is 30.3 Å². The molecule has 1 aliphatic heterocycles. The van der Waals surface area contributed by atoms with Crippen LogP contribution in [0.15, 0.2) is 35.4 Å². The molecule has 0 saturated carbocycles. The number of nitrogens with zero attached hydrogens (tertiary/aromatic N) is 1. The van der Waals surface area contributed by atoms with Crippen molar-refractivity contribution in [2.45, 2.75) is 5.25 Å². The van der Waals surface area contributed by atoms with Gasteiger partial charge in [0, 0.05) is 5.56 Å². The van der Waals surface area contributed by atoms with Crippen LogP contribution in [0.4, 0.5) is 0 Å². The Morgan fingerprint density at radius 3 is 2.58 bits per heavy atom. The molecule has 0 aliphatic carbocycles. The third kappa shape index (κ3) is 4.52. The first kappa shape index (κ1) is 18.4. The first-order chi connectivity index (χ1) is 11.3. The minimum absolute atomic E-state index is 0.00946. The Balaban J connectivity index is 2.12. The predicted octanol–water partition coefficient (Wildman–Crippen LogP) is -0.553. The quantitative estimate of drug-likeness (QED) is 0.232. The highest BCUT2D eigenvalue weighted by Crippen LogP contribution is 2.14. The molecule has 0 fully saturated rings. The van der Waals surface area contributed by atoms with E-state index in [1.807, 2.05) is 0 Å². The van der Waals surface area contributed by atoms with E-state index in [0.717, 1.165) is 0 Å². The average molecular weight is 386 g/mol. The zero-order chi connectivity index (χ0) is 17.7. The molecule has 24 heavy (non-hydrogen) atoms. The Morgan fingerprint density at radius 1 is 1.29 bits per heavy atom.